The largest absolute Gasteiger partial charge is 0.378 e. The minimum absolute atomic E-state index is 0.00943. The zero-order chi connectivity index (χ0) is 12.6. The van der Waals surface area contributed by atoms with E-state index in [1.165, 1.54) is 25.7 Å². The van der Waals surface area contributed by atoms with Gasteiger partial charge in [0.15, 0.2) is 0 Å². The van der Waals surface area contributed by atoms with E-state index >= 15 is 0 Å². The van der Waals surface area contributed by atoms with Crippen LogP contribution in [0.4, 0.5) is 0 Å². The first-order chi connectivity index (χ1) is 8.64. The summed E-state index contributed by atoms with van der Waals surface area (Å²) in [6.45, 7) is 4.92. The first-order valence-electron chi connectivity index (χ1n) is 7.61. The molecule has 3 heteroatoms. The van der Waals surface area contributed by atoms with Crippen molar-refractivity contribution < 1.29 is 9.47 Å². The Hall–Kier alpha value is -0.120. The van der Waals surface area contributed by atoms with Gasteiger partial charge in [0.2, 0.25) is 0 Å². The highest BCUT2D eigenvalue weighted by molar-refractivity contribution is 4.99. The highest BCUT2D eigenvalue weighted by Crippen LogP contribution is 2.46. The van der Waals surface area contributed by atoms with E-state index in [1.807, 2.05) is 0 Å². The van der Waals surface area contributed by atoms with Crippen molar-refractivity contribution >= 4 is 0 Å². The van der Waals surface area contributed by atoms with Crippen molar-refractivity contribution in [3.8, 4) is 0 Å². The normalized spacial score (nSPS) is 41.3. The quantitative estimate of drug-likeness (QED) is 0.822. The summed E-state index contributed by atoms with van der Waals surface area (Å²) in [7, 11) is 0. The van der Waals surface area contributed by atoms with E-state index in [2.05, 4.69) is 6.92 Å². The summed E-state index contributed by atoms with van der Waals surface area (Å²) in [4.78, 5) is 0. The van der Waals surface area contributed by atoms with E-state index in [1.54, 1.807) is 0 Å². The molecule has 3 atom stereocenters. The standard InChI is InChI=1S/C15H27NO2/c1-14(5-2-3-6-14)13(16)12-4-8-18-15(10-12)7-9-17-11-15/h12-13H,2-11,16H2,1H3. The molecule has 2 heterocycles. The van der Waals surface area contributed by atoms with Gasteiger partial charge in [-0.15, -0.1) is 0 Å². The lowest BCUT2D eigenvalue weighted by Crippen LogP contribution is -2.50. The van der Waals surface area contributed by atoms with E-state index in [0.29, 0.717) is 17.4 Å². The summed E-state index contributed by atoms with van der Waals surface area (Å²) in [5, 5.41) is 0. The molecule has 0 bridgehead atoms. The third-order valence-electron chi connectivity index (χ3n) is 5.66. The molecular formula is C15H27NO2. The van der Waals surface area contributed by atoms with Crippen molar-refractivity contribution in [2.45, 2.75) is 63.5 Å². The molecule has 1 saturated carbocycles. The molecule has 0 aromatic heterocycles. The lowest BCUT2D eigenvalue weighted by atomic mass is 9.70. The van der Waals surface area contributed by atoms with Crippen molar-refractivity contribution in [2.24, 2.45) is 17.1 Å². The molecule has 2 aliphatic heterocycles. The van der Waals surface area contributed by atoms with Crippen LogP contribution >= 0.6 is 0 Å². The minimum Gasteiger partial charge on any atom is -0.378 e. The lowest BCUT2D eigenvalue weighted by molar-refractivity contribution is -0.107. The van der Waals surface area contributed by atoms with Crippen molar-refractivity contribution in [3.05, 3.63) is 0 Å². The number of hydrogen-bond acceptors (Lipinski definition) is 3. The number of nitrogens with two attached hydrogens (primary N) is 1. The van der Waals surface area contributed by atoms with E-state index in [9.17, 15) is 0 Å². The number of rotatable bonds is 2. The van der Waals surface area contributed by atoms with Gasteiger partial charge in [-0.2, -0.15) is 0 Å². The Labute approximate surface area is 110 Å². The zero-order valence-corrected chi connectivity index (χ0v) is 11.6. The van der Waals surface area contributed by atoms with Crippen LogP contribution in [0.1, 0.15) is 51.9 Å². The summed E-state index contributed by atoms with van der Waals surface area (Å²) >= 11 is 0. The Kier molecular flexibility index (Phi) is 3.41. The Morgan fingerprint density at radius 2 is 1.94 bits per heavy atom. The van der Waals surface area contributed by atoms with Crippen LogP contribution in [0.2, 0.25) is 0 Å². The fourth-order valence-electron chi connectivity index (χ4n) is 4.32. The maximum Gasteiger partial charge on any atom is 0.0939 e. The fourth-order valence-corrected chi connectivity index (χ4v) is 4.32. The van der Waals surface area contributed by atoms with Crippen molar-refractivity contribution in [1.29, 1.82) is 0 Å². The minimum atomic E-state index is 0.00943. The number of hydrogen-bond donors (Lipinski definition) is 1. The van der Waals surface area contributed by atoms with E-state index in [4.69, 9.17) is 15.2 Å². The second-order valence-electron chi connectivity index (χ2n) is 6.97. The Balaban J connectivity index is 1.68. The molecule has 0 radical (unpaired) electrons. The second-order valence-corrected chi connectivity index (χ2v) is 6.97. The predicted octanol–water partition coefficient (Wildman–Crippen LogP) is 2.48. The summed E-state index contributed by atoms with van der Waals surface area (Å²) < 4.78 is 11.6. The summed E-state index contributed by atoms with van der Waals surface area (Å²) in [6, 6.07) is 0.348. The molecule has 0 aromatic carbocycles. The van der Waals surface area contributed by atoms with Crippen molar-refractivity contribution in [2.75, 3.05) is 19.8 Å². The van der Waals surface area contributed by atoms with Gasteiger partial charge in [-0.05, 0) is 37.0 Å². The van der Waals surface area contributed by atoms with E-state index < -0.39 is 0 Å². The maximum atomic E-state index is 6.64. The molecule has 3 fully saturated rings. The van der Waals surface area contributed by atoms with Crippen LogP contribution in [0, 0.1) is 11.3 Å². The molecule has 0 amide bonds. The highest BCUT2D eigenvalue weighted by Gasteiger charge is 2.46. The fraction of sp³-hybridized carbons (Fsp3) is 1.00. The zero-order valence-electron chi connectivity index (χ0n) is 11.6. The molecule has 3 aliphatic rings. The maximum absolute atomic E-state index is 6.64. The monoisotopic (exact) mass is 253 g/mol. The van der Waals surface area contributed by atoms with E-state index in [-0.39, 0.29) is 5.60 Å². The predicted molar refractivity (Wildman–Crippen MR) is 71.4 cm³/mol. The smallest absolute Gasteiger partial charge is 0.0939 e. The van der Waals surface area contributed by atoms with Crippen molar-refractivity contribution in [1.82, 2.24) is 0 Å². The van der Waals surface area contributed by atoms with Crippen molar-refractivity contribution in [3.63, 3.8) is 0 Å². The molecule has 1 spiro atoms. The molecular weight excluding hydrogens is 226 g/mol. The molecule has 18 heavy (non-hydrogen) atoms. The van der Waals surface area contributed by atoms with Gasteiger partial charge in [0, 0.05) is 25.7 Å². The third kappa shape index (κ3) is 2.21. The summed E-state index contributed by atoms with van der Waals surface area (Å²) in [5.41, 5.74) is 7.03. The Morgan fingerprint density at radius 3 is 2.61 bits per heavy atom. The number of ether oxygens (including phenoxy) is 2. The molecule has 1 aliphatic carbocycles. The van der Waals surface area contributed by atoms with Crippen LogP contribution in [-0.4, -0.2) is 31.5 Å². The van der Waals surface area contributed by atoms with Crippen LogP contribution in [0.15, 0.2) is 0 Å². The Bertz CT molecular complexity index is 283. The third-order valence-corrected chi connectivity index (χ3v) is 5.66. The summed E-state index contributed by atoms with van der Waals surface area (Å²) in [5.74, 6) is 0.628. The van der Waals surface area contributed by atoms with Gasteiger partial charge >= 0.3 is 0 Å². The van der Waals surface area contributed by atoms with E-state index in [0.717, 1.165) is 39.1 Å². The van der Waals surface area contributed by atoms with Crippen LogP contribution in [0.3, 0.4) is 0 Å². The van der Waals surface area contributed by atoms with Gasteiger partial charge in [-0.3, -0.25) is 0 Å². The second kappa shape index (κ2) is 4.77. The topological polar surface area (TPSA) is 44.5 Å². The van der Waals surface area contributed by atoms with Crippen LogP contribution in [-0.2, 0) is 9.47 Å². The van der Waals surface area contributed by atoms with Gasteiger partial charge in [0.25, 0.3) is 0 Å². The SMILES string of the molecule is CC1(C(N)C2CCOC3(CCOC3)C2)CCCC1. The summed E-state index contributed by atoms with van der Waals surface area (Å²) in [6.07, 6.45) is 8.67. The Morgan fingerprint density at radius 1 is 1.17 bits per heavy atom. The highest BCUT2D eigenvalue weighted by atomic mass is 16.6. The van der Waals surface area contributed by atoms with Gasteiger partial charge < -0.3 is 15.2 Å². The lowest BCUT2D eigenvalue weighted by Gasteiger charge is -2.44. The molecule has 104 valence electrons. The molecule has 3 nitrogen and oxygen atoms in total. The molecule has 2 saturated heterocycles. The van der Waals surface area contributed by atoms with Gasteiger partial charge in [-0.1, -0.05) is 19.8 Å². The van der Waals surface area contributed by atoms with Gasteiger partial charge in [-0.25, -0.2) is 0 Å². The first kappa shape index (κ1) is 12.9. The van der Waals surface area contributed by atoms with Gasteiger partial charge in [0.1, 0.15) is 0 Å². The van der Waals surface area contributed by atoms with Crippen LogP contribution < -0.4 is 5.73 Å². The average Bonchev–Trinajstić information content (AvgIpc) is 2.99. The molecule has 3 unspecified atom stereocenters. The van der Waals surface area contributed by atoms with Gasteiger partial charge in [0.05, 0.1) is 12.2 Å². The molecule has 2 N–H and O–H groups in total. The molecule has 3 rings (SSSR count). The van der Waals surface area contributed by atoms with Crippen LogP contribution in [0.25, 0.3) is 0 Å². The average molecular weight is 253 g/mol. The molecule has 0 aromatic rings. The van der Waals surface area contributed by atoms with Crippen LogP contribution in [0.5, 0.6) is 0 Å². The first-order valence-corrected chi connectivity index (χ1v) is 7.61.